The van der Waals surface area contributed by atoms with Crippen LogP contribution in [0.25, 0.3) is 55.6 Å². The molecule has 0 amide bonds. The predicted octanol–water partition coefficient (Wildman–Crippen LogP) is 16.6. The molecule has 3 unspecified atom stereocenters. The number of anilines is 3. The van der Waals surface area contributed by atoms with Crippen molar-refractivity contribution in [1.82, 2.24) is 0 Å². The van der Waals surface area contributed by atoms with Gasteiger partial charge >= 0.3 is 0 Å². The molecule has 0 N–H and O–H groups in total. The van der Waals surface area contributed by atoms with E-state index in [-0.39, 0.29) is 10.8 Å². The molecule has 0 aliphatic heterocycles. The summed E-state index contributed by atoms with van der Waals surface area (Å²) in [6, 6.07) is 70.5. The first-order valence-electron chi connectivity index (χ1n) is 22.5. The van der Waals surface area contributed by atoms with Gasteiger partial charge in [-0.2, -0.15) is 0 Å². The third-order valence-corrected chi connectivity index (χ3v) is 14.6. The van der Waals surface area contributed by atoms with Crippen LogP contribution in [0, 0.1) is 11.8 Å². The predicted molar refractivity (Wildman–Crippen MR) is 258 cm³/mol. The lowest BCUT2D eigenvalue weighted by molar-refractivity contribution is 0.355. The second-order valence-electron chi connectivity index (χ2n) is 18.6. The highest BCUT2D eigenvalue weighted by molar-refractivity contribution is 5.95. The number of hydrogen-bond acceptors (Lipinski definition) is 1. The molecule has 0 radical (unpaired) electrons. The largest absolute Gasteiger partial charge is 0.310 e. The lowest BCUT2D eigenvalue weighted by Crippen LogP contribution is -2.30. The smallest absolute Gasteiger partial charge is 0.0465 e. The van der Waals surface area contributed by atoms with Crippen LogP contribution < -0.4 is 4.90 Å². The summed E-state index contributed by atoms with van der Waals surface area (Å²) in [6.07, 6.45) is 5.07. The van der Waals surface area contributed by atoms with E-state index in [1.807, 2.05) is 0 Å². The maximum Gasteiger partial charge on any atom is 0.0465 e. The van der Waals surface area contributed by atoms with Crippen molar-refractivity contribution in [1.29, 1.82) is 0 Å². The van der Waals surface area contributed by atoms with Crippen molar-refractivity contribution < 1.29 is 0 Å². The highest BCUT2D eigenvalue weighted by atomic mass is 15.1. The maximum atomic E-state index is 2.53. The van der Waals surface area contributed by atoms with Crippen LogP contribution in [0.5, 0.6) is 0 Å². The van der Waals surface area contributed by atoms with E-state index >= 15 is 0 Å². The minimum Gasteiger partial charge on any atom is -0.310 e. The van der Waals surface area contributed by atoms with Gasteiger partial charge < -0.3 is 4.90 Å². The standard InChI is InChI=1S/C60H53N/c1-5-15-46-36-40(2)39-60(46)54-22-13-12-20-53(54)58-50(21-14-23-55(58)60)45-28-34-51-52-35-33-49(38-57(52)59(3,4)56(51)37-45)61(47-29-24-43(25-30-47)41-16-8-6-9-17-41)48-31-26-44(27-32-48)42-18-10-7-11-19-42/h6-14,16-35,37-38,40,46H,5,15,36,39H2,1-4H3. The van der Waals surface area contributed by atoms with Gasteiger partial charge in [-0.25, -0.2) is 0 Å². The van der Waals surface area contributed by atoms with Gasteiger partial charge in [0.1, 0.15) is 0 Å². The first-order chi connectivity index (χ1) is 29.8. The first kappa shape index (κ1) is 37.6. The molecule has 0 saturated heterocycles. The zero-order chi connectivity index (χ0) is 41.3. The molecule has 8 aromatic carbocycles. The number of hydrogen-bond donors (Lipinski definition) is 0. The lowest BCUT2D eigenvalue weighted by Gasteiger charge is -2.34. The van der Waals surface area contributed by atoms with Crippen LogP contribution in [-0.2, 0) is 10.8 Å². The van der Waals surface area contributed by atoms with Crippen molar-refractivity contribution in [3.05, 3.63) is 210 Å². The second-order valence-corrected chi connectivity index (χ2v) is 18.6. The lowest BCUT2D eigenvalue weighted by atomic mass is 9.68. The Morgan fingerprint density at radius 1 is 0.459 bits per heavy atom. The highest BCUT2D eigenvalue weighted by Gasteiger charge is 2.53. The number of fused-ring (bicyclic) bond motifs is 8. The third kappa shape index (κ3) is 5.96. The summed E-state index contributed by atoms with van der Waals surface area (Å²) in [7, 11) is 0. The van der Waals surface area contributed by atoms with Crippen LogP contribution in [0.1, 0.15) is 75.6 Å². The van der Waals surface area contributed by atoms with Gasteiger partial charge in [-0.3, -0.25) is 0 Å². The summed E-state index contributed by atoms with van der Waals surface area (Å²) < 4.78 is 0. The molecule has 1 spiro atoms. The van der Waals surface area contributed by atoms with E-state index in [4.69, 9.17) is 0 Å². The van der Waals surface area contributed by atoms with E-state index in [0.29, 0.717) is 5.92 Å². The molecular weight excluding hydrogens is 735 g/mol. The van der Waals surface area contributed by atoms with Gasteiger partial charge in [-0.05, 0) is 151 Å². The fourth-order valence-corrected chi connectivity index (χ4v) is 11.9. The molecule has 1 saturated carbocycles. The maximum absolute atomic E-state index is 2.53. The minimum atomic E-state index is -0.194. The molecule has 3 aliphatic rings. The second kappa shape index (κ2) is 14.6. The Morgan fingerprint density at radius 3 is 1.61 bits per heavy atom. The number of nitrogens with zero attached hydrogens (tertiary/aromatic N) is 1. The van der Waals surface area contributed by atoms with Gasteiger partial charge in [-0.15, -0.1) is 0 Å². The fourth-order valence-electron chi connectivity index (χ4n) is 11.9. The Bertz CT molecular complexity index is 2820. The summed E-state index contributed by atoms with van der Waals surface area (Å²) in [4.78, 5) is 2.42. The fraction of sp³-hybridized carbons (Fsp3) is 0.200. The molecule has 61 heavy (non-hydrogen) atoms. The molecule has 0 aromatic heterocycles. The topological polar surface area (TPSA) is 3.24 Å². The minimum absolute atomic E-state index is 0.107. The quantitative estimate of drug-likeness (QED) is 0.148. The molecule has 1 fully saturated rings. The van der Waals surface area contributed by atoms with E-state index in [2.05, 4.69) is 221 Å². The average molecular weight is 788 g/mol. The van der Waals surface area contributed by atoms with Crippen LogP contribution in [0.4, 0.5) is 17.1 Å². The first-order valence-corrected chi connectivity index (χ1v) is 22.5. The van der Waals surface area contributed by atoms with E-state index in [9.17, 15) is 0 Å². The van der Waals surface area contributed by atoms with Crippen LogP contribution in [0.15, 0.2) is 188 Å². The van der Waals surface area contributed by atoms with E-state index in [1.54, 1.807) is 11.1 Å². The van der Waals surface area contributed by atoms with Crippen molar-refractivity contribution >= 4 is 17.1 Å². The summed E-state index contributed by atoms with van der Waals surface area (Å²) in [5.74, 6) is 1.40. The molecule has 0 heterocycles. The normalized spacial score (nSPS) is 19.0. The SMILES string of the molecule is CCCC1CC(C)CC12c1ccccc1-c1c(-c3ccc4c(c3)C(C)(C)c3cc(N(c5ccc(-c6ccccc6)cc5)c5ccc(-c6ccccc6)cc5)ccc3-4)cccc12. The average Bonchev–Trinajstić information content (AvgIpc) is 3.88. The van der Waals surface area contributed by atoms with Crippen LogP contribution in [-0.4, -0.2) is 0 Å². The molecule has 1 nitrogen and oxygen atoms in total. The molecular formula is C60H53N. The van der Waals surface area contributed by atoms with Crippen LogP contribution >= 0.6 is 0 Å². The molecule has 11 rings (SSSR count). The molecule has 0 bridgehead atoms. The van der Waals surface area contributed by atoms with Crippen molar-refractivity contribution in [2.75, 3.05) is 4.90 Å². The van der Waals surface area contributed by atoms with Gasteiger partial charge in [0, 0.05) is 27.9 Å². The molecule has 8 aromatic rings. The summed E-state index contributed by atoms with van der Waals surface area (Å²) in [5.41, 5.74) is 22.4. The Balaban J connectivity index is 0.997. The Kier molecular flexibility index (Phi) is 9.01. The highest BCUT2D eigenvalue weighted by Crippen LogP contribution is 2.63. The van der Waals surface area contributed by atoms with Crippen molar-refractivity contribution in [2.45, 2.75) is 64.2 Å². The monoisotopic (exact) mass is 787 g/mol. The van der Waals surface area contributed by atoms with Crippen molar-refractivity contribution in [2.24, 2.45) is 11.8 Å². The number of benzene rings is 8. The van der Waals surface area contributed by atoms with Crippen LogP contribution in [0.2, 0.25) is 0 Å². The van der Waals surface area contributed by atoms with Gasteiger partial charge in [0.2, 0.25) is 0 Å². The van der Waals surface area contributed by atoms with Gasteiger partial charge in [-0.1, -0.05) is 180 Å². The summed E-state index contributed by atoms with van der Waals surface area (Å²) >= 11 is 0. The Labute approximate surface area is 362 Å². The third-order valence-electron chi connectivity index (χ3n) is 14.6. The zero-order valence-electron chi connectivity index (χ0n) is 35.8. The van der Waals surface area contributed by atoms with E-state index < -0.39 is 0 Å². The van der Waals surface area contributed by atoms with Gasteiger partial charge in [0.25, 0.3) is 0 Å². The van der Waals surface area contributed by atoms with Crippen LogP contribution in [0.3, 0.4) is 0 Å². The van der Waals surface area contributed by atoms with E-state index in [0.717, 1.165) is 23.0 Å². The Hall–Kier alpha value is -6.44. The molecule has 3 atom stereocenters. The molecule has 298 valence electrons. The van der Waals surface area contributed by atoms with Crippen molar-refractivity contribution in [3.8, 4) is 55.6 Å². The summed E-state index contributed by atoms with van der Waals surface area (Å²) in [5, 5.41) is 0. The Morgan fingerprint density at radius 2 is 0.967 bits per heavy atom. The van der Waals surface area contributed by atoms with Gasteiger partial charge in [0.05, 0.1) is 0 Å². The van der Waals surface area contributed by atoms with Gasteiger partial charge in [0.15, 0.2) is 0 Å². The zero-order valence-corrected chi connectivity index (χ0v) is 35.8. The molecule has 3 aliphatic carbocycles. The van der Waals surface area contributed by atoms with Crippen molar-refractivity contribution in [3.63, 3.8) is 0 Å². The summed E-state index contributed by atoms with van der Waals surface area (Å²) in [6.45, 7) is 9.70. The van der Waals surface area contributed by atoms with E-state index in [1.165, 1.54) is 92.4 Å². The molecule has 1 heteroatoms. The number of rotatable bonds is 8.